The van der Waals surface area contributed by atoms with Crippen LogP contribution in [0.25, 0.3) is 11.0 Å². The van der Waals surface area contributed by atoms with Gasteiger partial charge in [0.15, 0.2) is 0 Å². The fraction of sp³-hybridized carbons (Fsp3) is 0.417. The Morgan fingerprint density at radius 3 is 3.27 bits per heavy atom. The van der Waals surface area contributed by atoms with Crippen molar-refractivity contribution in [2.75, 3.05) is 6.54 Å². The highest BCUT2D eigenvalue weighted by Crippen LogP contribution is 2.19. The Labute approximate surface area is 89.1 Å². The van der Waals surface area contributed by atoms with E-state index in [1.807, 2.05) is 0 Å². The first kappa shape index (κ1) is 8.92. The monoisotopic (exact) mass is 201 g/mol. The molecule has 3 heteroatoms. The quantitative estimate of drug-likeness (QED) is 0.761. The highest BCUT2D eigenvalue weighted by Gasteiger charge is 2.13. The second-order valence-corrected chi connectivity index (χ2v) is 4.03. The van der Waals surface area contributed by atoms with Crippen LogP contribution in [0.2, 0.25) is 0 Å². The second-order valence-electron chi connectivity index (χ2n) is 4.03. The maximum absolute atomic E-state index is 4.63. The average molecular weight is 201 g/mol. The van der Waals surface area contributed by atoms with E-state index in [4.69, 9.17) is 0 Å². The van der Waals surface area contributed by atoms with Crippen LogP contribution in [-0.2, 0) is 19.5 Å². The lowest BCUT2D eigenvalue weighted by molar-refractivity contribution is 0.514. The molecule has 1 aromatic carbocycles. The molecule has 0 spiro atoms. The molecule has 3 nitrogen and oxygen atoms in total. The minimum atomic E-state index is 0.899. The molecule has 0 fully saturated rings. The van der Waals surface area contributed by atoms with Gasteiger partial charge in [0.05, 0.1) is 17.6 Å². The summed E-state index contributed by atoms with van der Waals surface area (Å²) in [5, 5.41) is 3.35. The molecule has 1 aliphatic rings. The largest absolute Gasteiger partial charge is 0.326 e. The van der Waals surface area contributed by atoms with Crippen LogP contribution in [0.4, 0.5) is 0 Å². The highest BCUT2D eigenvalue weighted by molar-refractivity contribution is 5.77. The molecule has 0 atom stereocenters. The van der Waals surface area contributed by atoms with Gasteiger partial charge in [0.2, 0.25) is 0 Å². The third-order valence-corrected chi connectivity index (χ3v) is 3.10. The van der Waals surface area contributed by atoms with Gasteiger partial charge in [-0.15, -0.1) is 0 Å². The van der Waals surface area contributed by atoms with E-state index in [0.29, 0.717) is 0 Å². The smallest absolute Gasteiger partial charge is 0.123 e. The maximum Gasteiger partial charge on any atom is 0.123 e. The molecule has 78 valence electrons. The molecule has 0 aliphatic carbocycles. The molecular formula is C12H15N3. The predicted octanol–water partition coefficient (Wildman–Crippen LogP) is 1.70. The van der Waals surface area contributed by atoms with E-state index in [9.17, 15) is 0 Å². The molecule has 0 unspecified atom stereocenters. The number of aromatic nitrogens is 2. The Hall–Kier alpha value is -1.35. The predicted molar refractivity (Wildman–Crippen MR) is 60.8 cm³/mol. The van der Waals surface area contributed by atoms with Gasteiger partial charge in [-0.2, -0.15) is 0 Å². The number of rotatable bonds is 1. The number of hydrogen-bond acceptors (Lipinski definition) is 2. The Morgan fingerprint density at radius 2 is 2.40 bits per heavy atom. The fourth-order valence-corrected chi connectivity index (χ4v) is 2.21. The van der Waals surface area contributed by atoms with E-state index < -0.39 is 0 Å². The summed E-state index contributed by atoms with van der Waals surface area (Å²) in [4.78, 5) is 4.63. The van der Waals surface area contributed by atoms with Crippen molar-refractivity contribution < 1.29 is 0 Å². The van der Waals surface area contributed by atoms with E-state index >= 15 is 0 Å². The second kappa shape index (κ2) is 3.35. The maximum atomic E-state index is 4.63. The van der Waals surface area contributed by atoms with Gasteiger partial charge in [-0.05, 0) is 24.1 Å². The number of benzene rings is 1. The van der Waals surface area contributed by atoms with Crippen molar-refractivity contribution in [1.82, 2.24) is 14.9 Å². The summed E-state index contributed by atoms with van der Waals surface area (Å²) in [5.41, 5.74) is 3.82. The summed E-state index contributed by atoms with van der Waals surface area (Å²) in [6.45, 7) is 5.18. The molecule has 15 heavy (non-hydrogen) atoms. The number of hydrogen-bond donors (Lipinski definition) is 1. The summed E-state index contributed by atoms with van der Waals surface area (Å²) in [6, 6.07) is 6.59. The summed E-state index contributed by atoms with van der Waals surface area (Å²) in [7, 11) is 0. The first-order valence-electron chi connectivity index (χ1n) is 5.57. The van der Waals surface area contributed by atoms with Crippen molar-refractivity contribution in [2.45, 2.75) is 26.4 Å². The third kappa shape index (κ3) is 1.35. The van der Waals surface area contributed by atoms with E-state index in [0.717, 1.165) is 31.6 Å². The lowest BCUT2D eigenvalue weighted by Crippen LogP contribution is -2.28. The van der Waals surface area contributed by atoms with Crippen LogP contribution in [0.3, 0.4) is 0 Å². The van der Waals surface area contributed by atoms with Gasteiger partial charge >= 0.3 is 0 Å². The summed E-state index contributed by atoms with van der Waals surface area (Å²) >= 11 is 0. The zero-order valence-corrected chi connectivity index (χ0v) is 8.95. The van der Waals surface area contributed by atoms with E-state index in [1.54, 1.807) is 0 Å². The van der Waals surface area contributed by atoms with Crippen LogP contribution in [0, 0.1) is 0 Å². The van der Waals surface area contributed by atoms with Crippen molar-refractivity contribution in [3.05, 3.63) is 29.6 Å². The van der Waals surface area contributed by atoms with Gasteiger partial charge in [-0.25, -0.2) is 4.98 Å². The molecule has 2 heterocycles. The minimum absolute atomic E-state index is 0.899. The highest BCUT2D eigenvalue weighted by atomic mass is 15.2. The molecule has 0 radical (unpaired) electrons. The normalized spacial score (nSPS) is 15.5. The van der Waals surface area contributed by atoms with Crippen molar-refractivity contribution in [1.29, 1.82) is 0 Å². The molecule has 1 aromatic heterocycles. The standard InChI is InChI=1S/C12H15N3/c1-2-9-3-4-10-11(7-9)15-6-5-13-8-12(15)14-10/h3-4,7,13H,2,5-6,8H2,1H3. The van der Waals surface area contributed by atoms with Crippen LogP contribution < -0.4 is 5.32 Å². The average Bonchev–Trinajstić information content (AvgIpc) is 2.66. The van der Waals surface area contributed by atoms with E-state index in [1.165, 1.54) is 16.9 Å². The topological polar surface area (TPSA) is 29.9 Å². The van der Waals surface area contributed by atoms with E-state index in [-0.39, 0.29) is 0 Å². The van der Waals surface area contributed by atoms with Gasteiger partial charge in [-0.1, -0.05) is 13.0 Å². The van der Waals surface area contributed by atoms with E-state index in [2.05, 4.69) is 40.0 Å². The van der Waals surface area contributed by atoms with Crippen molar-refractivity contribution >= 4 is 11.0 Å². The van der Waals surface area contributed by atoms with Gasteiger partial charge in [0.25, 0.3) is 0 Å². The summed E-state index contributed by atoms with van der Waals surface area (Å²) in [5.74, 6) is 1.17. The number of aryl methyl sites for hydroxylation is 1. The van der Waals surface area contributed by atoms with Gasteiger partial charge < -0.3 is 9.88 Å². The van der Waals surface area contributed by atoms with Crippen LogP contribution in [0.5, 0.6) is 0 Å². The lowest BCUT2D eigenvalue weighted by atomic mass is 10.1. The Balaban J connectivity index is 2.24. The van der Waals surface area contributed by atoms with Crippen LogP contribution in [0.1, 0.15) is 18.3 Å². The fourth-order valence-electron chi connectivity index (χ4n) is 2.21. The molecular weight excluding hydrogens is 186 g/mol. The zero-order chi connectivity index (χ0) is 10.3. The van der Waals surface area contributed by atoms with Crippen molar-refractivity contribution in [2.24, 2.45) is 0 Å². The molecule has 0 saturated carbocycles. The molecule has 0 saturated heterocycles. The van der Waals surface area contributed by atoms with Crippen molar-refractivity contribution in [3.63, 3.8) is 0 Å². The summed E-state index contributed by atoms with van der Waals surface area (Å²) < 4.78 is 2.34. The van der Waals surface area contributed by atoms with Crippen molar-refractivity contribution in [3.8, 4) is 0 Å². The van der Waals surface area contributed by atoms with Gasteiger partial charge in [0, 0.05) is 13.1 Å². The molecule has 1 N–H and O–H groups in total. The first-order valence-corrected chi connectivity index (χ1v) is 5.57. The number of fused-ring (bicyclic) bond motifs is 3. The molecule has 0 amide bonds. The van der Waals surface area contributed by atoms with Gasteiger partial charge in [-0.3, -0.25) is 0 Å². The SMILES string of the molecule is CCc1ccc2nc3n(c2c1)CCNC3. The van der Waals surface area contributed by atoms with Crippen LogP contribution in [0.15, 0.2) is 18.2 Å². The van der Waals surface area contributed by atoms with Crippen LogP contribution in [-0.4, -0.2) is 16.1 Å². The number of nitrogens with zero attached hydrogens (tertiary/aromatic N) is 2. The Kier molecular flexibility index (Phi) is 1.99. The third-order valence-electron chi connectivity index (χ3n) is 3.10. The molecule has 3 rings (SSSR count). The zero-order valence-electron chi connectivity index (χ0n) is 8.95. The van der Waals surface area contributed by atoms with Gasteiger partial charge in [0.1, 0.15) is 5.82 Å². The summed E-state index contributed by atoms with van der Waals surface area (Å²) in [6.07, 6.45) is 1.09. The Morgan fingerprint density at radius 1 is 1.47 bits per heavy atom. The molecule has 2 aromatic rings. The minimum Gasteiger partial charge on any atom is -0.326 e. The molecule has 1 aliphatic heterocycles. The number of imidazole rings is 1. The molecule has 0 bridgehead atoms. The van der Waals surface area contributed by atoms with Crippen LogP contribution >= 0.6 is 0 Å². The number of nitrogens with one attached hydrogen (secondary N) is 1. The first-order chi connectivity index (χ1) is 7.38. The Bertz CT molecular complexity index is 499. The lowest BCUT2D eigenvalue weighted by Gasteiger charge is -2.15.